The molecule has 1 unspecified atom stereocenters. The summed E-state index contributed by atoms with van der Waals surface area (Å²) in [6.07, 6.45) is 0.653. The molecule has 0 bridgehead atoms. The van der Waals surface area contributed by atoms with Gasteiger partial charge in [-0.3, -0.25) is 0 Å². The topological polar surface area (TPSA) is 74.2 Å². The van der Waals surface area contributed by atoms with Crippen molar-refractivity contribution in [3.05, 3.63) is 52.5 Å². The number of carbonyl (C=O) groups excluding carboxylic acids is 1. The van der Waals surface area contributed by atoms with E-state index in [2.05, 4.69) is 15.6 Å². The van der Waals surface area contributed by atoms with Crippen LogP contribution in [0.5, 0.6) is 0 Å². The minimum atomic E-state index is -0.586. The van der Waals surface area contributed by atoms with Gasteiger partial charge in [0.05, 0.1) is 17.3 Å². The molecule has 2 rings (SSSR count). The normalized spacial score (nSPS) is 11.9. The molecule has 112 valence electrons. The maximum atomic E-state index is 11.6. The standard InChI is InChI=1S/C15H19N3O2S/c19-14(8-12-4-2-1-3-5-12)9-17-15(20)16-7-6-13-10-21-11-18-13/h1-5,10-11,14,19H,6-9H2,(H2,16,17,20). The first-order valence-corrected chi connectivity index (χ1v) is 7.79. The molecule has 1 aromatic heterocycles. The van der Waals surface area contributed by atoms with Crippen molar-refractivity contribution < 1.29 is 9.90 Å². The number of thiazole rings is 1. The van der Waals surface area contributed by atoms with Gasteiger partial charge in [-0.1, -0.05) is 30.3 Å². The van der Waals surface area contributed by atoms with Crippen molar-refractivity contribution >= 4 is 17.4 Å². The molecule has 0 saturated heterocycles. The molecular weight excluding hydrogens is 286 g/mol. The van der Waals surface area contributed by atoms with Crippen LogP contribution >= 0.6 is 11.3 Å². The molecule has 1 aromatic carbocycles. The number of nitrogens with one attached hydrogen (secondary N) is 2. The van der Waals surface area contributed by atoms with Gasteiger partial charge in [0.15, 0.2) is 0 Å². The van der Waals surface area contributed by atoms with Crippen molar-refractivity contribution in [2.75, 3.05) is 13.1 Å². The van der Waals surface area contributed by atoms with Gasteiger partial charge in [0, 0.05) is 31.3 Å². The third kappa shape index (κ3) is 5.93. The van der Waals surface area contributed by atoms with Crippen molar-refractivity contribution in [3.8, 4) is 0 Å². The van der Waals surface area contributed by atoms with Crippen LogP contribution < -0.4 is 10.6 Å². The van der Waals surface area contributed by atoms with Crippen LogP contribution in [0.4, 0.5) is 4.79 Å². The van der Waals surface area contributed by atoms with Crippen LogP contribution in [0.25, 0.3) is 0 Å². The highest BCUT2D eigenvalue weighted by Crippen LogP contribution is 2.02. The molecule has 2 aromatic rings. The number of benzene rings is 1. The third-order valence-corrected chi connectivity index (χ3v) is 3.60. The number of rotatable bonds is 7. The summed E-state index contributed by atoms with van der Waals surface area (Å²) in [6, 6.07) is 9.44. The van der Waals surface area contributed by atoms with E-state index in [1.807, 2.05) is 35.7 Å². The summed E-state index contributed by atoms with van der Waals surface area (Å²) in [4.78, 5) is 15.7. The lowest BCUT2D eigenvalue weighted by Gasteiger charge is -2.12. The van der Waals surface area contributed by atoms with Crippen LogP contribution in [0.1, 0.15) is 11.3 Å². The summed E-state index contributed by atoms with van der Waals surface area (Å²) < 4.78 is 0. The Balaban J connectivity index is 1.60. The second-order valence-electron chi connectivity index (χ2n) is 4.71. The zero-order valence-corrected chi connectivity index (χ0v) is 12.5. The highest BCUT2D eigenvalue weighted by atomic mass is 32.1. The van der Waals surface area contributed by atoms with E-state index in [4.69, 9.17) is 0 Å². The fourth-order valence-corrected chi connectivity index (χ4v) is 2.49. The van der Waals surface area contributed by atoms with Gasteiger partial charge >= 0.3 is 6.03 Å². The van der Waals surface area contributed by atoms with E-state index in [0.717, 1.165) is 11.3 Å². The van der Waals surface area contributed by atoms with E-state index in [1.165, 1.54) is 0 Å². The Morgan fingerprint density at radius 2 is 2.10 bits per heavy atom. The second kappa shape index (κ2) is 8.39. The predicted molar refractivity (Wildman–Crippen MR) is 83.4 cm³/mol. The molecule has 0 saturated carbocycles. The summed E-state index contributed by atoms with van der Waals surface area (Å²) >= 11 is 1.54. The van der Waals surface area contributed by atoms with Gasteiger partial charge in [0.2, 0.25) is 0 Å². The summed E-state index contributed by atoms with van der Waals surface area (Å²) in [6.45, 7) is 0.766. The van der Waals surface area contributed by atoms with E-state index in [1.54, 1.807) is 16.8 Å². The Kier molecular flexibility index (Phi) is 6.18. The summed E-state index contributed by atoms with van der Waals surface area (Å²) in [5.41, 5.74) is 3.80. The predicted octanol–water partition coefficient (Wildman–Crippen LogP) is 1.59. The molecule has 3 N–H and O–H groups in total. The number of carbonyl (C=O) groups is 1. The minimum Gasteiger partial charge on any atom is -0.391 e. The minimum absolute atomic E-state index is 0.234. The Morgan fingerprint density at radius 1 is 1.29 bits per heavy atom. The number of aliphatic hydroxyl groups excluding tert-OH is 1. The van der Waals surface area contributed by atoms with Crippen molar-refractivity contribution in [2.45, 2.75) is 18.9 Å². The molecule has 5 nitrogen and oxygen atoms in total. The van der Waals surface area contributed by atoms with Crippen molar-refractivity contribution in [1.29, 1.82) is 0 Å². The van der Waals surface area contributed by atoms with E-state index in [9.17, 15) is 9.90 Å². The van der Waals surface area contributed by atoms with Crippen LogP contribution in [-0.2, 0) is 12.8 Å². The number of hydrogen-bond donors (Lipinski definition) is 3. The largest absolute Gasteiger partial charge is 0.391 e. The van der Waals surface area contributed by atoms with E-state index >= 15 is 0 Å². The molecule has 6 heteroatoms. The van der Waals surface area contributed by atoms with Gasteiger partial charge in [-0.25, -0.2) is 9.78 Å². The molecule has 0 spiro atoms. The van der Waals surface area contributed by atoms with Gasteiger partial charge in [0.25, 0.3) is 0 Å². The number of aromatic nitrogens is 1. The quantitative estimate of drug-likeness (QED) is 0.727. The highest BCUT2D eigenvalue weighted by Gasteiger charge is 2.07. The zero-order valence-electron chi connectivity index (χ0n) is 11.7. The van der Waals surface area contributed by atoms with Gasteiger partial charge in [-0.15, -0.1) is 11.3 Å². The van der Waals surface area contributed by atoms with Crippen molar-refractivity contribution in [2.24, 2.45) is 0 Å². The lowest BCUT2D eigenvalue weighted by atomic mass is 10.1. The number of nitrogens with zero attached hydrogens (tertiary/aromatic N) is 1. The fourth-order valence-electron chi connectivity index (χ4n) is 1.90. The molecule has 1 heterocycles. The van der Waals surface area contributed by atoms with Crippen LogP contribution in [0.3, 0.4) is 0 Å². The first-order valence-electron chi connectivity index (χ1n) is 6.85. The maximum absolute atomic E-state index is 11.6. The summed E-state index contributed by atoms with van der Waals surface area (Å²) in [5, 5.41) is 17.2. The molecule has 0 aliphatic carbocycles. The Bertz CT molecular complexity index is 531. The van der Waals surface area contributed by atoms with Gasteiger partial charge in [-0.05, 0) is 5.56 Å². The van der Waals surface area contributed by atoms with Crippen LogP contribution in [0, 0.1) is 0 Å². The van der Waals surface area contributed by atoms with E-state index in [0.29, 0.717) is 19.4 Å². The van der Waals surface area contributed by atoms with Gasteiger partial charge in [0.1, 0.15) is 0 Å². The van der Waals surface area contributed by atoms with E-state index in [-0.39, 0.29) is 12.6 Å². The highest BCUT2D eigenvalue weighted by molar-refractivity contribution is 7.07. The molecule has 2 amide bonds. The average molecular weight is 305 g/mol. The maximum Gasteiger partial charge on any atom is 0.314 e. The Hall–Kier alpha value is -1.92. The van der Waals surface area contributed by atoms with Crippen LogP contribution in [0.15, 0.2) is 41.2 Å². The SMILES string of the molecule is O=C(NCCc1cscn1)NCC(O)Cc1ccccc1. The van der Waals surface area contributed by atoms with Crippen LogP contribution in [0.2, 0.25) is 0 Å². The number of aliphatic hydroxyl groups is 1. The molecule has 0 aliphatic heterocycles. The van der Waals surface area contributed by atoms with Gasteiger partial charge < -0.3 is 15.7 Å². The molecule has 0 radical (unpaired) electrons. The molecule has 21 heavy (non-hydrogen) atoms. The lowest BCUT2D eigenvalue weighted by Crippen LogP contribution is -2.41. The molecule has 0 aliphatic rings. The fraction of sp³-hybridized carbons (Fsp3) is 0.333. The number of urea groups is 1. The molecular formula is C15H19N3O2S. The molecule has 1 atom stereocenters. The molecule has 0 fully saturated rings. The zero-order chi connectivity index (χ0) is 14.9. The Morgan fingerprint density at radius 3 is 2.81 bits per heavy atom. The Labute approximate surface area is 128 Å². The van der Waals surface area contributed by atoms with E-state index < -0.39 is 6.10 Å². The van der Waals surface area contributed by atoms with Crippen molar-refractivity contribution in [1.82, 2.24) is 15.6 Å². The van der Waals surface area contributed by atoms with Crippen molar-refractivity contribution in [3.63, 3.8) is 0 Å². The smallest absolute Gasteiger partial charge is 0.314 e. The second-order valence-corrected chi connectivity index (χ2v) is 5.43. The summed E-state index contributed by atoms with van der Waals surface area (Å²) in [5.74, 6) is 0. The van der Waals surface area contributed by atoms with Gasteiger partial charge in [-0.2, -0.15) is 0 Å². The number of hydrogen-bond acceptors (Lipinski definition) is 4. The lowest BCUT2D eigenvalue weighted by molar-refractivity contribution is 0.170. The summed E-state index contributed by atoms with van der Waals surface area (Å²) in [7, 11) is 0. The average Bonchev–Trinajstić information content (AvgIpc) is 2.99. The first kappa shape index (κ1) is 15.5. The monoisotopic (exact) mass is 305 g/mol. The third-order valence-electron chi connectivity index (χ3n) is 2.96. The van der Waals surface area contributed by atoms with Crippen LogP contribution in [-0.4, -0.2) is 35.3 Å². The number of amides is 2. The first-order chi connectivity index (χ1) is 10.2.